The zero-order valence-electron chi connectivity index (χ0n) is 12.6. The van der Waals surface area contributed by atoms with E-state index in [4.69, 9.17) is 0 Å². The van der Waals surface area contributed by atoms with Crippen molar-refractivity contribution in [3.05, 3.63) is 30.1 Å². The van der Waals surface area contributed by atoms with E-state index in [1.165, 1.54) is 6.07 Å². The van der Waals surface area contributed by atoms with Crippen LogP contribution >= 0.6 is 0 Å². The standard InChI is InChI=1S/C15H23FN4O/c1-19-7-8-20(2)12(11-19)9-17-10-15(21)18-14-6-4-3-5-13(14)16/h3-6,12,17H,7-11H2,1-2H3,(H,18,21). The molecule has 2 N–H and O–H groups in total. The van der Waals surface area contributed by atoms with Crippen molar-refractivity contribution in [3.63, 3.8) is 0 Å². The maximum atomic E-state index is 13.4. The summed E-state index contributed by atoms with van der Waals surface area (Å²) in [4.78, 5) is 16.4. The molecule has 6 heteroatoms. The van der Waals surface area contributed by atoms with Gasteiger partial charge < -0.3 is 15.5 Å². The van der Waals surface area contributed by atoms with Crippen molar-refractivity contribution in [1.29, 1.82) is 0 Å². The summed E-state index contributed by atoms with van der Waals surface area (Å²) < 4.78 is 13.4. The molecular weight excluding hydrogens is 271 g/mol. The predicted molar refractivity (Wildman–Crippen MR) is 81.8 cm³/mol. The van der Waals surface area contributed by atoms with Crippen LogP contribution in [-0.4, -0.2) is 68.6 Å². The van der Waals surface area contributed by atoms with E-state index in [-0.39, 0.29) is 18.1 Å². The van der Waals surface area contributed by atoms with Gasteiger partial charge in [-0.25, -0.2) is 4.39 Å². The number of hydrogen-bond acceptors (Lipinski definition) is 4. The molecule has 1 aromatic rings. The first-order valence-corrected chi connectivity index (χ1v) is 7.20. The number of hydrogen-bond donors (Lipinski definition) is 2. The summed E-state index contributed by atoms with van der Waals surface area (Å²) in [6, 6.07) is 6.56. The molecule has 0 saturated carbocycles. The Labute approximate surface area is 125 Å². The number of rotatable bonds is 5. The normalized spacial score (nSPS) is 20.4. The molecule has 0 bridgehead atoms. The first-order valence-electron chi connectivity index (χ1n) is 7.20. The average Bonchev–Trinajstić information content (AvgIpc) is 2.45. The number of carbonyl (C=O) groups excluding carboxylic acids is 1. The molecule has 1 unspecified atom stereocenters. The molecule has 1 aliphatic rings. The average molecular weight is 294 g/mol. The zero-order chi connectivity index (χ0) is 15.2. The summed E-state index contributed by atoms with van der Waals surface area (Å²) in [6.45, 7) is 4.01. The third kappa shape index (κ3) is 4.77. The van der Waals surface area contributed by atoms with Crippen molar-refractivity contribution < 1.29 is 9.18 Å². The van der Waals surface area contributed by atoms with Gasteiger partial charge in [-0.2, -0.15) is 0 Å². The van der Waals surface area contributed by atoms with Crippen LogP contribution in [0.4, 0.5) is 10.1 Å². The third-order valence-electron chi connectivity index (χ3n) is 3.79. The molecule has 1 atom stereocenters. The summed E-state index contributed by atoms with van der Waals surface area (Å²) in [5.41, 5.74) is 0.221. The molecule has 2 rings (SSSR count). The molecule has 1 amide bonds. The van der Waals surface area contributed by atoms with Crippen LogP contribution in [-0.2, 0) is 4.79 Å². The monoisotopic (exact) mass is 294 g/mol. The van der Waals surface area contributed by atoms with Crippen LogP contribution in [0.2, 0.25) is 0 Å². The fourth-order valence-corrected chi connectivity index (χ4v) is 2.43. The van der Waals surface area contributed by atoms with Crippen molar-refractivity contribution in [2.24, 2.45) is 0 Å². The Morgan fingerprint density at radius 3 is 2.86 bits per heavy atom. The van der Waals surface area contributed by atoms with E-state index < -0.39 is 5.82 Å². The van der Waals surface area contributed by atoms with Gasteiger partial charge in [0.15, 0.2) is 0 Å². The number of carbonyl (C=O) groups is 1. The Kier molecular flexibility index (Phi) is 5.67. The Balaban J connectivity index is 1.73. The molecule has 1 heterocycles. The fourth-order valence-electron chi connectivity index (χ4n) is 2.43. The lowest BCUT2D eigenvalue weighted by molar-refractivity contribution is -0.115. The van der Waals surface area contributed by atoms with Gasteiger partial charge in [0, 0.05) is 32.2 Å². The Hall–Kier alpha value is -1.50. The minimum absolute atomic E-state index is 0.183. The highest BCUT2D eigenvalue weighted by Crippen LogP contribution is 2.11. The van der Waals surface area contributed by atoms with Crippen LogP contribution in [0.5, 0.6) is 0 Å². The molecule has 5 nitrogen and oxygen atoms in total. The van der Waals surface area contributed by atoms with Crippen molar-refractivity contribution in [3.8, 4) is 0 Å². The first kappa shape index (κ1) is 15.9. The van der Waals surface area contributed by atoms with Crippen LogP contribution in [0, 0.1) is 5.82 Å². The van der Waals surface area contributed by atoms with Crippen LogP contribution in [0.15, 0.2) is 24.3 Å². The van der Waals surface area contributed by atoms with Crippen molar-refractivity contribution in [2.75, 3.05) is 52.1 Å². The smallest absolute Gasteiger partial charge is 0.238 e. The van der Waals surface area contributed by atoms with Gasteiger partial charge in [-0.05, 0) is 26.2 Å². The van der Waals surface area contributed by atoms with Gasteiger partial charge in [0.25, 0.3) is 0 Å². The number of nitrogens with zero attached hydrogens (tertiary/aromatic N) is 2. The Morgan fingerprint density at radius 1 is 1.33 bits per heavy atom. The molecule has 1 saturated heterocycles. The molecule has 0 radical (unpaired) electrons. The summed E-state index contributed by atoms with van der Waals surface area (Å²) in [5.74, 6) is -0.647. The minimum atomic E-state index is -0.417. The number of benzene rings is 1. The van der Waals surface area contributed by atoms with Crippen LogP contribution < -0.4 is 10.6 Å². The van der Waals surface area contributed by atoms with E-state index in [9.17, 15) is 9.18 Å². The summed E-state index contributed by atoms with van der Waals surface area (Å²) in [7, 11) is 4.20. The highest BCUT2D eigenvalue weighted by Gasteiger charge is 2.21. The van der Waals surface area contributed by atoms with Gasteiger partial charge in [0.05, 0.1) is 12.2 Å². The molecular formula is C15H23FN4O. The quantitative estimate of drug-likeness (QED) is 0.835. The molecule has 1 aromatic carbocycles. The number of nitrogens with one attached hydrogen (secondary N) is 2. The highest BCUT2D eigenvalue weighted by molar-refractivity contribution is 5.92. The lowest BCUT2D eigenvalue weighted by Gasteiger charge is -2.37. The molecule has 0 aromatic heterocycles. The number of likely N-dealkylation sites (N-methyl/N-ethyl adjacent to an activating group) is 2. The topological polar surface area (TPSA) is 47.6 Å². The molecule has 0 aliphatic carbocycles. The van der Waals surface area contributed by atoms with Crippen molar-refractivity contribution in [2.45, 2.75) is 6.04 Å². The fraction of sp³-hybridized carbons (Fsp3) is 0.533. The number of halogens is 1. The zero-order valence-corrected chi connectivity index (χ0v) is 12.6. The minimum Gasteiger partial charge on any atom is -0.322 e. The molecule has 0 spiro atoms. The van der Waals surface area contributed by atoms with Gasteiger partial charge >= 0.3 is 0 Å². The Bertz CT molecular complexity index is 482. The maximum absolute atomic E-state index is 13.4. The SMILES string of the molecule is CN1CCN(C)C(CNCC(=O)Nc2ccccc2F)C1. The van der Waals surface area contributed by atoms with Crippen LogP contribution in [0.25, 0.3) is 0 Å². The summed E-state index contributed by atoms with van der Waals surface area (Å²) in [6.07, 6.45) is 0. The number of anilines is 1. The first-order chi connectivity index (χ1) is 10.1. The highest BCUT2D eigenvalue weighted by atomic mass is 19.1. The second-order valence-corrected chi connectivity index (χ2v) is 5.56. The van der Waals surface area contributed by atoms with E-state index in [1.807, 2.05) is 0 Å². The maximum Gasteiger partial charge on any atom is 0.238 e. The van der Waals surface area contributed by atoms with E-state index in [1.54, 1.807) is 18.2 Å². The summed E-state index contributed by atoms with van der Waals surface area (Å²) in [5, 5.41) is 5.71. The van der Waals surface area contributed by atoms with Crippen molar-refractivity contribution in [1.82, 2.24) is 15.1 Å². The van der Waals surface area contributed by atoms with Gasteiger partial charge in [0.1, 0.15) is 5.82 Å². The lowest BCUT2D eigenvalue weighted by atomic mass is 10.2. The number of piperazine rings is 1. The molecule has 116 valence electrons. The van der Waals surface area contributed by atoms with Gasteiger partial charge in [-0.3, -0.25) is 9.69 Å². The molecule has 21 heavy (non-hydrogen) atoms. The second kappa shape index (κ2) is 7.49. The lowest BCUT2D eigenvalue weighted by Crippen LogP contribution is -2.54. The second-order valence-electron chi connectivity index (χ2n) is 5.56. The van der Waals surface area contributed by atoms with Gasteiger partial charge in [-0.1, -0.05) is 12.1 Å². The predicted octanol–water partition coefficient (Wildman–Crippen LogP) is 0.600. The van der Waals surface area contributed by atoms with E-state index in [0.29, 0.717) is 6.04 Å². The molecule has 1 fully saturated rings. The third-order valence-corrected chi connectivity index (χ3v) is 3.79. The number of para-hydroxylation sites is 1. The van der Waals surface area contributed by atoms with Crippen LogP contribution in [0.3, 0.4) is 0 Å². The largest absolute Gasteiger partial charge is 0.322 e. The van der Waals surface area contributed by atoms with Crippen molar-refractivity contribution >= 4 is 11.6 Å². The molecule has 1 aliphatic heterocycles. The summed E-state index contributed by atoms with van der Waals surface area (Å²) >= 11 is 0. The van der Waals surface area contributed by atoms with Gasteiger partial charge in [0.2, 0.25) is 5.91 Å². The number of amides is 1. The van der Waals surface area contributed by atoms with Gasteiger partial charge in [-0.15, -0.1) is 0 Å². The van der Waals surface area contributed by atoms with E-state index >= 15 is 0 Å². The Morgan fingerprint density at radius 2 is 2.10 bits per heavy atom. The van der Waals surface area contributed by atoms with Crippen LogP contribution in [0.1, 0.15) is 0 Å². The van der Waals surface area contributed by atoms with E-state index in [0.717, 1.165) is 26.2 Å². The van der Waals surface area contributed by atoms with E-state index in [2.05, 4.69) is 34.5 Å².